The number of carboxylic acids is 1. The van der Waals surface area contributed by atoms with Crippen LogP contribution in [0.4, 0.5) is 0 Å². The van der Waals surface area contributed by atoms with Crippen LogP contribution in [0.3, 0.4) is 0 Å². The molecule has 0 radical (unpaired) electrons. The first-order chi connectivity index (χ1) is 4.04. The number of hydrogen-bond donors (Lipinski definition) is 3. The number of hydrogen-bond acceptors (Lipinski definition) is 3. The predicted molar refractivity (Wildman–Crippen MR) is 39.2 cm³/mol. The van der Waals surface area contributed by atoms with Crippen LogP contribution in [0.15, 0.2) is 0 Å². The Hall–Kier alpha value is -0.320. The van der Waals surface area contributed by atoms with Crippen molar-refractivity contribution in [2.24, 2.45) is 5.73 Å². The Balaban J connectivity index is 0. The Morgan fingerprint density at radius 1 is 1.70 bits per heavy atom. The van der Waals surface area contributed by atoms with E-state index >= 15 is 0 Å². The molecule has 0 spiro atoms. The first-order valence-electron chi connectivity index (χ1n) is 2.69. The van der Waals surface area contributed by atoms with Crippen molar-refractivity contribution in [3.8, 4) is 0 Å². The van der Waals surface area contributed by atoms with Crippen molar-refractivity contribution in [2.45, 2.75) is 25.5 Å². The number of aliphatic hydroxyl groups is 1. The molecular weight excluding hydrogens is 158 g/mol. The lowest BCUT2D eigenvalue weighted by Gasteiger charge is -2.10. The SMILES string of the molecule is CC(O)C(N)CC(=O)O.Cl. The van der Waals surface area contributed by atoms with Gasteiger partial charge in [0.1, 0.15) is 0 Å². The third-order valence-electron chi connectivity index (χ3n) is 1.03. The van der Waals surface area contributed by atoms with Gasteiger partial charge in [0.2, 0.25) is 0 Å². The fourth-order valence-corrected chi connectivity index (χ4v) is 0.372. The van der Waals surface area contributed by atoms with Crippen LogP contribution in [0.25, 0.3) is 0 Å². The van der Waals surface area contributed by atoms with Gasteiger partial charge >= 0.3 is 5.97 Å². The van der Waals surface area contributed by atoms with E-state index in [1.54, 1.807) is 0 Å². The summed E-state index contributed by atoms with van der Waals surface area (Å²) in [5, 5.41) is 16.8. The first kappa shape index (κ1) is 12.4. The van der Waals surface area contributed by atoms with Crippen molar-refractivity contribution in [2.75, 3.05) is 0 Å². The molecule has 2 unspecified atom stereocenters. The molecule has 0 saturated carbocycles. The van der Waals surface area contributed by atoms with Gasteiger partial charge in [-0.05, 0) is 6.92 Å². The Labute approximate surface area is 65.4 Å². The summed E-state index contributed by atoms with van der Waals surface area (Å²) in [6.45, 7) is 1.47. The van der Waals surface area contributed by atoms with Crippen LogP contribution in [0.2, 0.25) is 0 Å². The zero-order chi connectivity index (χ0) is 7.44. The Morgan fingerprint density at radius 3 is 2.20 bits per heavy atom. The molecule has 0 aliphatic carbocycles. The van der Waals surface area contributed by atoms with Crippen LogP contribution in [-0.4, -0.2) is 28.3 Å². The van der Waals surface area contributed by atoms with Crippen LogP contribution in [0, 0.1) is 0 Å². The van der Waals surface area contributed by atoms with Crippen LogP contribution in [0.5, 0.6) is 0 Å². The highest BCUT2D eigenvalue weighted by molar-refractivity contribution is 5.85. The first-order valence-corrected chi connectivity index (χ1v) is 2.69. The molecule has 2 atom stereocenters. The summed E-state index contributed by atoms with van der Waals surface area (Å²) in [6, 6.07) is -0.650. The topological polar surface area (TPSA) is 83.5 Å². The quantitative estimate of drug-likeness (QED) is 0.537. The van der Waals surface area contributed by atoms with E-state index in [-0.39, 0.29) is 18.8 Å². The summed E-state index contributed by atoms with van der Waals surface area (Å²) in [6.07, 6.45) is -0.932. The molecule has 0 aromatic rings. The molecule has 0 amide bonds. The number of rotatable bonds is 3. The number of carboxylic acid groups (broad SMARTS) is 1. The molecule has 0 aliphatic rings. The normalized spacial score (nSPS) is 15.1. The van der Waals surface area contributed by atoms with Gasteiger partial charge in [-0.1, -0.05) is 0 Å². The number of halogens is 1. The molecule has 4 nitrogen and oxygen atoms in total. The highest BCUT2D eigenvalue weighted by Gasteiger charge is 2.12. The van der Waals surface area contributed by atoms with E-state index in [0.717, 1.165) is 0 Å². The summed E-state index contributed by atoms with van der Waals surface area (Å²) in [5.74, 6) is -0.983. The van der Waals surface area contributed by atoms with E-state index in [4.69, 9.17) is 15.9 Å². The average molecular weight is 170 g/mol. The van der Waals surface area contributed by atoms with Gasteiger partial charge in [0.15, 0.2) is 0 Å². The van der Waals surface area contributed by atoms with Crippen LogP contribution in [-0.2, 0) is 4.79 Å². The fourth-order valence-electron chi connectivity index (χ4n) is 0.372. The Bertz CT molecular complexity index is 107. The molecule has 0 aliphatic heterocycles. The lowest BCUT2D eigenvalue weighted by atomic mass is 10.1. The van der Waals surface area contributed by atoms with Gasteiger partial charge in [0, 0.05) is 6.04 Å². The van der Waals surface area contributed by atoms with Gasteiger partial charge in [-0.25, -0.2) is 0 Å². The maximum Gasteiger partial charge on any atom is 0.305 e. The monoisotopic (exact) mass is 169 g/mol. The van der Waals surface area contributed by atoms with Gasteiger partial charge in [0.05, 0.1) is 12.5 Å². The molecule has 0 aromatic carbocycles. The second-order valence-electron chi connectivity index (χ2n) is 2.00. The van der Waals surface area contributed by atoms with Crippen molar-refractivity contribution < 1.29 is 15.0 Å². The summed E-state index contributed by atoms with van der Waals surface area (Å²) < 4.78 is 0. The van der Waals surface area contributed by atoms with Crippen LogP contribution >= 0.6 is 12.4 Å². The van der Waals surface area contributed by atoms with E-state index in [9.17, 15) is 4.79 Å². The molecule has 10 heavy (non-hydrogen) atoms. The smallest absolute Gasteiger partial charge is 0.305 e. The summed E-state index contributed by atoms with van der Waals surface area (Å²) in [7, 11) is 0. The van der Waals surface area contributed by atoms with Gasteiger partial charge in [0.25, 0.3) is 0 Å². The molecule has 5 heteroatoms. The molecular formula is C5H12ClNO3. The number of aliphatic hydroxyl groups excluding tert-OH is 1. The maximum atomic E-state index is 9.92. The van der Waals surface area contributed by atoms with E-state index in [2.05, 4.69) is 0 Å². The summed E-state index contributed by atoms with van der Waals surface area (Å²) in [4.78, 5) is 9.92. The Morgan fingerprint density at radius 2 is 2.10 bits per heavy atom. The summed E-state index contributed by atoms with van der Waals surface area (Å²) >= 11 is 0. The fraction of sp³-hybridized carbons (Fsp3) is 0.800. The van der Waals surface area contributed by atoms with Gasteiger partial charge < -0.3 is 15.9 Å². The van der Waals surface area contributed by atoms with E-state index < -0.39 is 18.1 Å². The van der Waals surface area contributed by atoms with Crippen molar-refractivity contribution in [1.29, 1.82) is 0 Å². The van der Waals surface area contributed by atoms with Crippen LogP contribution < -0.4 is 5.73 Å². The molecule has 0 fully saturated rings. The van der Waals surface area contributed by atoms with E-state index in [1.807, 2.05) is 0 Å². The average Bonchev–Trinajstić information content (AvgIpc) is 1.63. The molecule has 4 N–H and O–H groups in total. The molecule has 62 valence electrons. The minimum absolute atomic E-state index is 0. The van der Waals surface area contributed by atoms with Gasteiger partial charge in [-0.2, -0.15) is 0 Å². The zero-order valence-corrected chi connectivity index (χ0v) is 6.47. The minimum atomic E-state index is -0.983. The predicted octanol–water partition coefficient (Wildman–Crippen LogP) is -0.409. The highest BCUT2D eigenvalue weighted by Crippen LogP contribution is 1.93. The van der Waals surface area contributed by atoms with Crippen molar-refractivity contribution in [1.82, 2.24) is 0 Å². The lowest BCUT2D eigenvalue weighted by molar-refractivity contribution is -0.138. The highest BCUT2D eigenvalue weighted by atomic mass is 35.5. The number of carbonyl (C=O) groups is 1. The lowest BCUT2D eigenvalue weighted by Crippen LogP contribution is -2.34. The maximum absolute atomic E-state index is 9.92. The second-order valence-corrected chi connectivity index (χ2v) is 2.00. The van der Waals surface area contributed by atoms with Crippen molar-refractivity contribution in [3.63, 3.8) is 0 Å². The van der Waals surface area contributed by atoms with Crippen molar-refractivity contribution in [3.05, 3.63) is 0 Å². The molecule has 0 saturated heterocycles. The van der Waals surface area contributed by atoms with Crippen LogP contribution in [0.1, 0.15) is 13.3 Å². The Kier molecular flexibility index (Phi) is 6.76. The van der Waals surface area contributed by atoms with Gasteiger partial charge in [-0.3, -0.25) is 4.79 Å². The van der Waals surface area contributed by atoms with Gasteiger partial charge in [-0.15, -0.1) is 12.4 Å². The number of aliphatic carboxylic acids is 1. The van der Waals surface area contributed by atoms with E-state index in [1.165, 1.54) is 6.92 Å². The number of nitrogens with two attached hydrogens (primary N) is 1. The molecule has 0 aromatic heterocycles. The molecule has 0 rings (SSSR count). The van der Waals surface area contributed by atoms with E-state index in [0.29, 0.717) is 0 Å². The summed E-state index contributed by atoms with van der Waals surface area (Å²) in [5.41, 5.74) is 5.19. The zero-order valence-electron chi connectivity index (χ0n) is 5.65. The third-order valence-corrected chi connectivity index (χ3v) is 1.03. The van der Waals surface area contributed by atoms with Crippen molar-refractivity contribution >= 4 is 18.4 Å². The standard InChI is InChI=1S/C5H11NO3.ClH/c1-3(7)4(6)2-5(8)9;/h3-4,7H,2,6H2,1H3,(H,8,9);1H. The molecule has 0 heterocycles. The third kappa shape index (κ3) is 5.81. The second kappa shape index (κ2) is 5.46. The minimum Gasteiger partial charge on any atom is -0.481 e. The largest absolute Gasteiger partial charge is 0.481 e. The molecule has 0 bridgehead atoms.